The molecule has 1 N–H and O–H groups in total. The number of carbonyl (C=O) groups is 1. The number of aromatic nitrogens is 3. The van der Waals surface area contributed by atoms with Gasteiger partial charge < -0.3 is 19.5 Å². The summed E-state index contributed by atoms with van der Waals surface area (Å²) in [6.07, 6.45) is 6.39. The van der Waals surface area contributed by atoms with E-state index in [1.165, 1.54) is 4.57 Å². The molecule has 8 nitrogen and oxygen atoms in total. The van der Waals surface area contributed by atoms with Gasteiger partial charge in [-0.1, -0.05) is 6.07 Å². The minimum absolute atomic E-state index is 0.0556. The molecule has 1 saturated heterocycles. The van der Waals surface area contributed by atoms with Crippen LogP contribution in [0.5, 0.6) is 0 Å². The quantitative estimate of drug-likeness (QED) is 0.844. The van der Waals surface area contributed by atoms with Gasteiger partial charge >= 0.3 is 0 Å². The molecule has 0 unspecified atom stereocenters. The molecule has 2 aromatic rings. The van der Waals surface area contributed by atoms with Gasteiger partial charge in [-0.05, 0) is 18.6 Å². The Morgan fingerprint density at radius 2 is 2.31 bits per heavy atom. The molecule has 2 aromatic heterocycles. The second-order valence-corrected chi connectivity index (χ2v) is 6.36. The molecule has 1 aliphatic heterocycles. The summed E-state index contributed by atoms with van der Waals surface area (Å²) in [5, 5.41) is 3.03. The lowest BCUT2D eigenvalue weighted by atomic mass is 10.0. The van der Waals surface area contributed by atoms with E-state index in [2.05, 4.69) is 15.3 Å². The van der Waals surface area contributed by atoms with Crippen LogP contribution in [0, 0.1) is 0 Å². The van der Waals surface area contributed by atoms with E-state index in [1.807, 2.05) is 24.0 Å². The number of aryl methyl sites for hydroxylation is 1. The van der Waals surface area contributed by atoms with E-state index in [0.717, 1.165) is 5.56 Å². The van der Waals surface area contributed by atoms with Crippen molar-refractivity contribution in [3.05, 3.63) is 52.8 Å². The highest BCUT2D eigenvalue weighted by Gasteiger charge is 2.28. The van der Waals surface area contributed by atoms with Crippen LogP contribution < -0.4 is 10.9 Å². The number of anilines is 1. The third-order valence-corrected chi connectivity index (χ3v) is 4.52. The molecular weight excluding hydrogens is 334 g/mol. The summed E-state index contributed by atoms with van der Waals surface area (Å²) in [6, 6.07) is 3.74. The van der Waals surface area contributed by atoms with Gasteiger partial charge in [0.25, 0.3) is 5.56 Å². The maximum absolute atomic E-state index is 12.8. The van der Waals surface area contributed by atoms with E-state index >= 15 is 0 Å². The maximum Gasteiger partial charge on any atom is 0.293 e. The van der Waals surface area contributed by atoms with Gasteiger partial charge in [0.05, 0.1) is 18.6 Å². The molecule has 3 heterocycles. The summed E-state index contributed by atoms with van der Waals surface area (Å²) in [6.45, 7) is 3.81. The Morgan fingerprint density at radius 3 is 3.08 bits per heavy atom. The van der Waals surface area contributed by atoms with Crippen molar-refractivity contribution in [1.82, 2.24) is 19.4 Å². The Morgan fingerprint density at radius 1 is 1.46 bits per heavy atom. The van der Waals surface area contributed by atoms with Gasteiger partial charge in [-0.25, -0.2) is 4.98 Å². The Balaban J connectivity index is 1.59. The largest absolute Gasteiger partial charge is 0.373 e. The van der Waals surface area contributed by atoms with E-state index in [-0.39, 0.29) is 29.3 Å². The lowest BCUT2D eigenvalue weighted by molar-refractivity contribution is -0.139. The minimum atomic E-state index is -0.251. The van der Waals surface area contributed by atoms with Gasteiger partial charge in [0, 0.05) is 51.5 Å². The van der Waals surface area contributed by atoms with Crippen LogP contribution in [0.3, 0.4) is 0 Å². The summed E-state index contributed by atoms with van der Waals surface area (Å²) in [4.78, 5) is 34.7. The fourth-order valence-corrected chi connectivity index (χ4v) is 2.92. The first kappa shape index (κ1) is 18.1. The molecule has 0 saturated carbocycles. The van der Waals surface area contributed by atoms with Crippen LogP contribution in [0.4, 0.5) is 5.82 Å². The first-order valence-electron chi connectivity index (χ1n) is 8.62. The van der Waals surface area contributed by atoms with Crippen molar-refractivity contribution < 1.29 is 9.53 Å². The van der Waals surface area contributed by atoms with Gasteiger partial charge in [0.15, 0.2) is 5.82 Å². The highest BCUT2D eigenvalue weighted by atomic mass is 16.5. The van der Waals surface area contributed by atoms with Crippen LogP contribution in [0.1, 0.15) is 18.4 Å². The van der Waals surface area contributed by atoms with Crippen molar-refractivity contribution in [2.75, 3.05) is 31.6 Å². The molecule has 1 fully saturated rings. The molecular formula is C18H23N5O3. The molecule has 0 aliphatic carbocycles. The SMILES string of the molecule is C[C@H](C(=O)N1CCO[C@@H](CNc2nccn(C)c2=O)C1)c1cccnc1. The lowest BCUT2D eigenvalue weighted by Gasteiger charge is -2.34. The monoisotopic (exact) mass is 357 g/mol. The first-order chi connectivity index (χ1) is 12.6. The van der Waals surface area contributed by atoms with Crippen LogP contribution in [0.2, 0.25) is 0 Å². The summed E-state index contributed by atoms with van der Waals surface area (Å²) in [5.74, 6) is 0.0873. The standard InChI is InChI=1S/C18H23N5O3/c1-13(14-4-3-5-19-10-14)17(24)23-8-9-26-15(12-23)11-21-16-18(25)22(2)7-6-20-16/h3-7,10,13,15H,8-9,11-12H2,1-2H3,(H,20,21)/t13-,15-/m0/s1. The van der Waals surface area contributed by atoms with Crippen molar-refractivity contribution in [1.29, 1.82) is 0 Å². The Bertz CT molecular complexity index is 808. The third-order valence-electron chi connectivity index (χ3n) is 4.52. The number of nitrogens with one attached hydrogen (secondary N) is 1. The van der Waals surface area contributed by atoms with Gasteiger partial charge in [-0.15, -0.1) is 0 Å². The highest BCUT2D eigenvalue weighted by Crippen LogP contribution is 2.18. The fourth-order valence-electron chi connectivity index (χ4n) is 2.92. The Hall–Kier alpha value is -2.74. The first-order valence-corrected chi connectivity index (χ1v) is 8.62. The molecule has 8 heteroatoms. The molecule has 0 spiro atoms. The molecule has 1 aliphatic rings. The predicted molar refractivity (Wildman–Crippen MR) is 96.9 cm³/mol. The molecule has 0 bridgehead atoms. The molecule has 138 valence electrons. The van der Waals surface area contributed by atoms with Gasteiger partial charge in [0.1, 0.15) is 0 Å². The van der Waals surface area contributed by atoms with E-state index in [9.17, 15) is 9.59 Å². The summed E-state index contributed by atoms with van der Waals surface area (Å²) < 4.78 is 7.19. The van der Waals surface area contributed by atoms with Crippen molar-refractivity contribution in [3.8, 4) is 0 Å². The molecule has 1 amide bonds. The van der Waals surface area contributed by atoms with Gasteiger partial charge in [-0.2, -0.15) is 0 Å². The van der Waals surface area contributed by atoms with Crippen molar-refractivity contribution >= 4 is 11.7 Å². The van der Waals surface area contributed by atoms with E-state index in [1.54, 1.807) is 31.8 Å². The zero-order chi connectivity index (χ0) is 18.5. The number of morpholine rings is 1. The van der Waals surface area contributed by atoms with E-state index in [0.29, 0.717) is 26.2 Å². The number of hydrogen-bond acceptors (Lipinski definition) is 6. The van der Waals surface area contributed by atoms with Crippen LogP contribution in [-0.2, 0) is 16.6 Å². The summed E-state index contributed by atoms with van der Waals surface area (Å²) in [7, 11) is 1.67. The number of amides is 1. The van der Waals surface area contributed by atoms with Crippen LogP contribution >= 0.6 is 0 Å². The number of pyridine rings is 1. The van der Waals surface area contributed by atoms with E-state index < -0.39 is 0 Å². The average molecular weight is 357 g/mol. The molecule has 2 atom stereocenters. The van der Waals surface area contributed by atoms with Gasteiger partial charge in [0.2, 0.25) is 5.91 Å². The van der Waals surface area contributed by atoms with Gasteiger partial charge in [-0.3, -0.25) is 14.6 Å². The zero-order valence-corrected chi connectivity index (χ0v) is 15.0. The smallest absolute Gasteiger partial charge is 0.293 e. The summed E-state index contributed by atoms with van der Waals surface area (Å²) in [5.41, 5.74) is 0.706. The number of rotatable bonds is 5. The lowest BCUT2D eigenvalue weighted by Crippen LogP contribution is -2.49. The highest BCUT2D eigenvalue weighted by molar-refractivity contribution is 5.83. The molecule has 3 rings (SSSR count). The Kier molecular flexibility index (Phi) is 5.62. The van der Waals surface area contributed by atoms with E-state index in [4.69, 9.17) is 4.74 Å². The molecule has 26 heavy (non-hydrogen) atoms. The number of ether oxygens (including phenoxy) is 1. The summed E-state index contributed by atoms with van der Waals surface area (Å²) >= 11 is 0. The second-order valence-electron chi connectivity index (χ2n) is 6.36. The maximum atomic E-state index is 12.8. The third kappa shape index (κ3) is 4.08. The number of carbonyl (C=O) groups excluding carboxylic acids is 1. The second kappa shape index (κ2) is 8.09. The zero-order valence-electron chi connectivity index (χ0n) is 15.0. The minimum Gasteiger partial charge on any atom is -0.373 e. The van der Waals surface area contributed by atoms with Crippen molar-refractivity contribution in [3.63, 3.8) is 0 Å². The average Bonchev–Trinajstić information content (AvgIpc) is 2.69. The Labute approximate surface area is 151 Å². The number of nitrogens with zero attached hydrogens (tertiary/aromatic N) is 4. The van der Waals surface area contributed by atoms with Crippen LogP contribution in [-0.4, -0.2) is 57.7 Å². The van der Waals surface area contributed by atoms with Crippen molar-refractivity contribution in [2.45, 2.75) is 18.9 Å². The molecule has 0 aromatic carbocycles. The topological polar surface area (TPSA) is 89.4 Å². The predicted octanol–water partition coefficient (Wildman–Crippen LogP) is 0.618. The normalized spacial score (nSPS) is 18.4. The van der Waals surface area contributed by atoms with Crippen LogP contribution in [0.15, 0.2) is 41.7 Å². The fraction of sp³-hybridized carbons (Fsp3) is 0.444. The van der Waals surface area contributed by atoms with Crippen molar-refractivity contribution in [2.24, 2.45) is 7.05 Å². The molecule has 0 radical (unpaired) electrons. The number of hydrogen-bond donors (Lipinski definition) is 1. The van der Waals surface area contributed by atoms with Crippen LogP contribution in [0.25, 0.3) is 0 Å².